The zero-order chi connectivity index (χ0) is 20.0. The van der Waals surface area contributed by atoms with Gasteiger partial charge in [0, 0.05) is 31.3 Å². The van der Waals surface area contributed by atoms with Crippen LogP contribution in [0.3, 0.4) is 0 Å². The summed E-state index contributed by atoms with van der Waals surface area (Å²) in [7, 11) is 2.86. The predicted molar refractivity (Wildman–Crippen MR) is 97.3 cm³/mol. The molecule has 7 nitrogen and oxygen atoms in total. The van der Waals surface area contributed by atoms with E-state index in [2.05, 4.69) is 15.3 Å². The third-order valence-corrected chi connectivity index (χ3v) is 3.76. The number of anilines is 1. The highest BCUT2D eigenvalue weighted by Crippen LogP contribution is 2.23. The molecule has 0 spiro atoms. The molecular weight excluding hydrogens is 382 g/mol. The highest BCUT2D eigenvalue weighted by molar-refractivity contribution is 6.34. The van der Waals surface area contributed by atoms with E-state index in [0.29, 0.717) is 5.75 Å². The monoisotopic (exact) mass is 398 g/mol. The predicted octanol–water partition coefficient (Wildman–Crippen LogP) is 2.78. The molecule has 0 atom stereocenters. The van der Waals surface area contributed by atoms with Crippen LogP contribution in [0.2, 0.25) is 5.02 Å². The number of benzene rings is 1. The van der Waals surface area contributed by atoms with Gasteiger partial charge in [0.15, 0.2) is 11.6 Å². The minimum Gasteiger partial charge on any atom is -0.495 e. The molecule has 0 aliphatic rings. The number of rotatable bonds is 6. The highest BCUT2D eigenvalue weighted by atomic mass is 35.5. The summed E-state index contributed by atoms with van der Waals surface area (Å²) in [6.07, 6.45) is 1.33. The van der Waals surface area contributed by atoms with Gasteiger partial charge < -0.3 is 20.5 Å². The second kappa shape index (κ2) is 9.13. The molecule has 1 amide bonds. The smallest absolute Gasteiger partial charge is 0.281 e. The normalized spacial score (nSPS) is 11.2. The number of carbonyl (C=O) groups is 1. The molecule has 2 aromatic rings. The fraction of sp³-hybridized carbons (Fsp3) is 0.235. The van der Waals surface area contributed by atoms with Crippen LogP contribution in [0.15, 0.2) is 29.4 Å². The summed E-state index contributed by atoms with van der Waals surface area (Å²) in [6, 6.07) is 3.49. The number of halogens is 3. The molecule has 1 heterocycles. The highest BCUT2D eigenvalue weighted by Gasteiger charge is 2.16. The maximum Gasteiger partial charge on any atom is 0.281 e. The van der Waals surface area contributed by atoms with Crippen LogP contribution in [-0.2, 0) is 11.2 Å². The first-order valence-electron chi connectivity index (χ1n) is 7.69. The van der Waals surface area contributed by atoms with E-state index in [0.717, 1.165) is 6.07 Å². The molecule has 0 bridgehead atoms. The van der Waals surface area contributed by atoms with Gasteiger partial charge in [-0.3, -0.25) is 4.79 Å². The second-order valence-corrected chi connectivity index (χ2v) is 5.66. The lowest BCUT2D eigenvalue weighted by molar-refractivity contribution is 0.102. The third-order valence-electron chi connectivity index (χ3n) is 3.47. The Balaban J connectivity index is 2.17. The first kappa shape index (κ1) is 20.4. The molecule has 1 aromatic carbocycles. The molecule has 0 fully saturated rings. The molecular formula is C17H17ClF2N4O3. The SMILES string of the molecule is CN=C(N)OCCc1cc(NC(=O)c2ncc(OC)cc2Cl)cc(F)c1F. The largest absolute Gasteiger partial charge is 0.495 e. The van der Waals surface area contributed by atoms with Crippen molar-refractivity contribution in [1.29, 1.82) is 0 Å². The molecule has 0 unspecified atom stereocenters. The van der Waals surface area contributed by atoms with Crippen LogP contribution in [0.25, 0.3) is 0 Å². The molecule has 3 N–H and O–H groups in total. The number of aliphatic imine (C=N–C) groups is 1. The van der Waals surface area contributed by atoms with Crippen molar-refractivity contribution in [3.8, 4) is 5.75 Å². The van der Waals surface area contributed by atoms with E-state index in [9.17, 15) is 13.6 Å². The van der Waals surface area contributed by atoms with Crippen molar-refractivity contribution in [2.45, 2.75) is 6.42 Å². The minimum atomic E-state index is -1.12. The molecule has 144 valence electrons. The van der Waals surface area contributed by atoms with Gasteiger partial charge in [-0.15, -0.1) is 0 Å². The number of amidine groups is 1. The van der Waals surface area contributed by atoms with Crippen LogP contribution in [0.1, 0.15) is 16.1 Å². The number of amides is 1. The summed E-state index contributed by atoms with van der Waals surface area (Å²) in [6.45, 7) is -0.0111. The Hall–Kier alpha value is -2.94. The van der Waals surface area contributed by atoms with E-state index in [-0.39, 0.29) is 41.0 Å². The lowest BCUT2D eigenvalue weighted by Gasteiger charge is -2.11. The Labute approximate surface area is 159 Å². The second-order valence-electron chi connectivity index (χ2n) is 5.25. The molecule has 0 saturated carbocycles. The number of nitrogens with zero attached hydrogens (tertiary/aromatic N) is 2. The van der Waals surface area contributed by atoms with Crippen LogP contribution in [0.4, 0.5) is 14.5 Å². The van der Waals surface area contributed by atoms with Crippen LogP contribution in [0.5, 0.6) is 5.75 Å². The van der Waals surface area contributed by atoms with E-state index in [1.807, 2.05) is 0 Å². The van der Waals surface area contributed by atoms with Gasteiger partial charge in [-0.25, -0.2) is 18.8 Å². The molecule has 2 rings (SSSR count). The molecule has 0 saturated heterocycles. The Morgan fingerprint density at radius 2 is 2.11 bits per heavy atom. The van der Waals surface area contributed by atoms with Crippen molar-refractivity contribution >= 4 is 29.2 Å². The van der Waals surface area contributed by atoms with E-state index in [4.69, 9.17) is 26.8 Å². The van der Waals surface area contributed by atoms with E-state index >= 15 is 0 Å². The Morgan fingerprint density at radius 1 is 1.37 bits per heavy atom. The number of hydrogen-bond donors (Lipinski definition) is 2. The van der Waals surface area contributed by atoms with Crippen LogP contribution in [0, 0.1) is 11.6 Å². The lowest BCUT2D eigenvalue weighted by Crippen LogP contribution is -2.18. The van der Waals surface area contributed by atoms with E-state index in [1.54, 1.807) is 0 Å². The van der Waals surface area contributed by atoms with Gasteiger partial charge in [0.05, 0.1) is 24.9 Å². The van der Waals surface area contributed by atoms with Crippen molar-refractivity contribution < 1.29 is 23.0 Å². The van der Waals surface area contributed by atoms with Gasteiger partial charge in [-0.1, -0.05) is 11.6 Å². The summed E-state index contributed by atoms with van der Waals surface area (Å²) < 4.78 is 37.8. The zero-order valence-electron chi connectivity index (χ0n) is 14.6. The van der Waals surface area contributed by atoms with Crippen LogP contribution >= 0.6 is 11.6 Å². The fourth-order valence-corrected chi connectivity index (χ4v) is 2.36. The molecule has 0 radical (unpaired) electrons. The molecule has 1 aromatic heterocycles. The lowest BCUT2D eigenvalue weighted by atomic mass is 10.1. The quantitative estimate of drug-likeness (QED) is 0.576. The van der Waals surface area contributed by atoms with Gasteiger partial charge >= 0.3 is 0 Å². The summed E-state index contributed by atoms with van der Waals surface area (Å²) in [4.78, 5) is 19.8. The van der Waals surface area contributed by atoms with Gasteiger partial charge in [0.25, 0.3) is 11.9 Å². The van der Waals surface area contributed by atoms with E-state index in [1.165, 1.54) is 32.5 Å². The van der Waals surface area contributed by atoms with Crippen LogP contribution in [-0.4, -0.2) is 37.7 Å². The van der Waals surface area contributed by atoms with Crippen LogP contribution < -0.4 is 15.8 Å². The van der Waals surface area contributed by atoms with Crippen molar-refractivity contribution in [3.63, 3.8) is 0 Å². The topological polar surface area (TPSA) is 98.8 Å². The molecule has 10 heteroatoms. The molecule has 0 aliphatic carbocycles. The van der Waals surface area contributed by atoms with Gasteiger partial charge in [0.2, 0.25) is 0 Å². The average molecular weight is 399 g/mol. The minimum absolute atomic E-state index is 0.00277. The molecule has 27 heavy (non-hydrogen) atoms. The number of methoxy groups -OCH3 is 1. The maximum atomic E-state index is 13.9. The number of ether oxygens (including phenoxy) is 2. The Morgan fingerprint density at radius 3 is 2.74 bits per heavy atom. The van der Waals surface area contributed by atoms with Crippen molar-refractivity contribution in [1.82, 2.24) is 4.98 Å². The number of nitrogens with two attached hydrogens (primary N) is 1. The number of hydrogen-bond acceptors (Lipinski definition) is 5. The first-order valence-corrected chi connectivity index (χ1v) is 8.07. The number of carbonyl (C=O) groups excluding carboxylic acids is 1. The van der Waals surface area contributed by atoms with Gasteiger partial charge in [-0.05, 0) is 11.6 Å². The van der Waals surface area contributed by atoms with Gasteiger partial charge in [0.1, 0.15) is 11.4 Å². The van der Waals surface area contributed by atoms with E-state index < -0.39 is 17.5 Å². The third kappa shape index (κ3) is 5.27. The van der Waals surface area contributed by atoms with Gasteiger partial charge in [-0.2, -0.15) is 0 Å². The van der Waals surface area contributed by atoms with Crippen molar-refractivity contribution in [2.24, 2.45) is 10.7 Å². The summed E-state index contributed by atoms with van der Waals surface area (Å²) in [5.41, 5.74) is 5.33. The number of aromatic nitrogens is 1. The van der Waals surface area contributed by atoms with Crippen molar-refractivity contribution in [2.75, 3.05) is 26.1 Å². The Kier molecular flexibility index (Phi) is 6.89. The Bertz CT molecular complexity index is 877. The average Bonchev–Trinajstić information content (AvgIpc) is 2.64. The number of pyridine rings is 1. The summed E-state index contributed by atoms with van der Waals surface area (Å²) in [5, 5.41) is 2.49. The molecule has 0 aliphatic heterocycles. The number of nitrogens with one attached hydrogen (secondary N) is 1. The fourth-order valence-electron chi connectivity index (χ4n) is 2.12. The summed E-state index contributed by atoms with van der Waals surface area (Å²) >= 11 is 5.99. The first-order chi connectivity index (χ1) is 12.8. The maximum absolute atomic E-state index is 13.9. The van der Waals surface area contributed by atoms with Crippen molar-refractivity contribution in [3.05, 3.63) is 52.3 Å². The zero-order valence-corrected chi connectivity index (χ0v) is 15.3. The summed E-state index contributed by atoms with van der Waals surface area (Å²) in [5.74, 6) is -2.46. The standard InChI is InChI=1S/C17H17ClF2N4O3/c1-22-17(21)27-4-3-9-5-10(6-13(19)14(9)20)24-16(25)15-12(18)7-11(26-2)8-23-15/h5-8H,3-4H2,1-2H3,(H2,21,22)(H,24,25).